The van der Waals surface area contributed by atoms with E-state index in [0.29, 0.717) is 0 Å². The third kappa shape index (κ3) is 3.04. The summed E-state index contributed by atoms with van der Waals surface area (Å²) in [5.41, 5.74) is 13.6. The van der Waals surface area contributed by atoms with Gasteiger partial charge in [-0.05, 0) is 92.7 Å². The smallest absolute Gasteiger partial charge is 0.223 e. The predicted molar refractivity (Wildman–Crippen MR) is 189 cm³/mol. The summed E-state index contributed by atoms with van der Waals surface area (Å²) in [5, 5.41) is 4.79. The first-order chi connectivity index (χ1) is 22.7. The molecule has 0 aliphatic rings. The maximum absolute atomic E-state index is 5.29. The molecule has 0 saturated carbocycles. The molecule has 5 heteroatoms. The summed E-state index contributed by atoms with van der Waals surface area (Å²) in [5.74, 6) is 1.76. The molecule has 0 amide bonds. The molecule has 0 aliphatic heterocycles. The van der Waals surface area contributed by atoms with Gasteiger partial charge in [0, 0.05) is 0 Å². The van der Waals surface area contributed by atoms with Gasteiger partial charge in [0.1, 0.15) is 5.52 Å². The molecule has 4 heterocycles. The molecule has 0 N–H and O–H groups in total. The third-order valence-electron chi connectivity index (χ3n) is 9.83. The molecule has 46 heavy (non-hydrogen) atoms. The van der Waals surface area contributed by atoms with E-state index >= 15 is 0 Å². The Hall–Kier alpha value is -6.20. The van der Waals surface area contributed by atoms with E-state index in [1.54, 1.807) is 0 Å². The Bertz CT molecular complexity index is 2870. The average molecular weight is 588 g/mol. The van der Waals surface area contributed by atoms with Crippen LogP contribution in [0.5, 0.6) is 0 Å². The van der Waals surface area contributed by atoms with Crippen molar-refractivity contribution in [2.24, 2.45) is 0 Å². The molecule has 7 aromatic carbocycles. The second kappa shape index (κ2) is 8.49. The van der Waals surface area contributed by atoms with Gasteiger partial charge in [-0.1, -0.05) is 97.1 Å². The number of rotatable bonds is 2. The van der Waals surface area contributed by atoms with Gasteiger partial charge in [-0.15, -0.1) is 0 Å². The Kier molecular flexibility index (Phi) is 4.46. The van der Waals surface area contributed by atoms with E-state index in [1.807, 2.05) is 0 Å². The molecule has 0 atom stereocenters. The second-order valence-electron chi connectivity index (χ2n) is 12.4. The summed E-state index contributed by atoms with van der Waals surface area (Å²) in [6.45, 7) is 2.22. The van der Waals surface area contributed by atoms with Crippen molar-refractivity contribution in [3.63, 3.8) is 0 Å². The van der Waals surface area contributed by atoms with E-state index in [4.69, 9.17) is 9.97 Å². The molecular weight excluding hydrogens is 562 g/mol. The van der Waals surface area contributed by atoms with Gasteiger partial charge >= 0.3 is 0 Å². The van der Waals surface area contributed by atoms with Crippen molar-refractivity contribution in [3.8, 4) is 22.3 Å². The number of benzene rings is 7. The van der Waals surface area contributed by atoms with Crippen molar-refractivity contribution in [1.29, 1.82) is 0 Å². The van der Waals surface area contributed by atoms with Crippen LogP contribution in [0.1, 0.15) is 5.56 Å². The normalized spacial score (nSPS) is 12.5. The Morgan fingerprint density at radius 2 is 0.957 bits per heavy atom. The number of nitrogens with zero attached hydrogens (tertiary/aromatic N) is 5. The van der Waals surface area contributed by atoms with Crippen LogP contribution in [-0.4, -0.2) is 23.2 Å². The minimum Gasteiger partial charge on any atom is -0.276 e. The highest BCUT2D eigenvalue weighted by Crippen LogP contribution is 2.41. The first-order valence-corrected chi connectivity index (χ1v) is 15.7. The minimum absolute atomic E-state index is 0.880. The quantitative estimate of drug-likeness (QED) is 0.202. The second-order valence-corrected chi connectivity index (χ2v) is 12.4. The molecule has 0 aliphatic carbocycles. The summed E-state index contributed by atoms with van der Waals surface area (Å²) < 4.78 is 6.94. The zero-order valence-corrected chi connectivity index (χ0v) is 24.9. The van der Waals surface area contributed by atoms with E-state index in [9.17, 15) is 0 Å². The Labute approximate surface area is 262 Å². The summed E-state index contributed by atoms with van der Waals surface area (Å²) in [6.07, 6.45) is 0. The lowest BCUT2D eigenvalue weighted by molar-refractivity contribution is 1.15. The molecular formula is C41H25N5. The molecule has 0 bridgehead atoms. The fraction of sp³-hybridized carbons (Fsp3) is 0.0244. The van der Waals surface area contributed by atoms with Gasteiger partial charge in [-0.3, -0.25) is 8.80 Å². The first kappa shape index (κ1) is 24.2. The fourth-order valence-corrected chi connectivity index (χ4v) is 7.79. The number of imidazole rings is 4. The average Bonchev–Trinajstić information content (AvgIpc) is 3.81. The zero-order valence-electron chi connectivity index (χ0n) is 24.9. The standard InChI is InChI=1S/C41H25N5/c1-24-10-9-17-31(25-11-3-2-4-12-25)38(24)30-22-36-39-37(23-30)45-35-21-29-16-8-6-14-27(29)19-33(35)43-41(45)46(39)40-42-32-18-26-13-5-7-15-28(26)20-34(32)44(36)40/h2-23H,1H3. The maximum atomic E-state index is 5.29. The van der Waals surface area contributed by atoms with Crippen molar-refractivity contribution >= 4 is 71.7 Å². The lowest BCUT2D eigenvalue weighted by Gasteiger charge is -2.14. The van der Waals surface area contributed by atoms with Crippen LogP contribution in [0.15, 0.2) is 133 Å². The van der Waals surface area contributed by atoms with E-state index in [0.717, 1.165) is 50.2 Å². The molecule has 11 rings (SSSR count). The highest BCUT2D eigenvalue weighted by molar-refractivity contribution is 6.09. The predicted octanol–water partition coefficient (Wildman–Crippen LogP) is 10.1. The summed E-state index contributed by atoms with van der Waals surface area (Å²) in [7, 11) is 0. The van der Waals surface area contributed by atoms with Crippen molar-refractivity contribution in [3.05, 3.63) is 139 Å². The first-order valence-electron chi connectivity index (χ1n) is 15.7. The Balaban J connectivity index is 1.36. The molecule has 5 nitrogen and oxygen atoms in total. The lowest BCUT2D eigenvalue weighted by atomic mass is 9.90. The monoisotopic (exact) mass is 587 g/mol. The van der Waals surface area contributed by atoms with Gasteiger partial charge in [0.05, 0.1) is 33.1 Å². The zero-order chi connectivity index (χ0) is 30.1. The summed E-state index contributed by atoms with van der Waals surface area (Å²) in [6, 6.07) is 48.1. The number of aryl methyl sites for hydroxylation is 1. The molecule has 11 aromatic rings. The van der Waals surface area contributed by atoms with Gasteiger partial charge in [-0.2, -0.15) is 0 Å². The van der Waals surface area contributed by atoms with Crippen LogP contribution in [0, 0.1) is 6.92 Å². The minimum atomic E-state index is 0.880. The van der Waals surface area contributed by atoms with Gasteiger partial charge in [0.2, 0.25) is 11.6 Å². The van der Waals surface area contributed by atoms with Crippen LogP contribution in [0.4, 0.5) is 0 Å². The molecule has 214 valence electrons. The Morgan fingerprint density at radius 1 is 0.435 bits per heavy atom. The Morgan fingerprint density at radius 3 is 1.52 bits per heavy atom. The van der Waals surface area contributed by atoms with Crippen LogP contribution < -0.4 is 0 Å². The van der Waals surface area contributed by atoms with E-state index in [2.05, 4.69) is 154 Å². The molecule has 0 spiro atoms. The lowest BCUT2D eigenvalue weighted by Crippen LogP contribution is -1.92. The van der Waals surface area contributed by atoms with Crippen LogP contribution >= 0.6 is 0 Å². The number of fused-ring (bicyclic) bond motifs is 12. The van der Waals surface area contributed by atoms with E-state index < -0.39 is 0 Å². The number of hydrogen-bond acceptors (Lipinski definition) is 2. The highest BCUT2D eigenvalue weighted by atomic mass is 15.3. The largest absolute Gasteiger partial charge is 0.276 e. The van der Waals surface area contributed by atoms with Crippen LogP contribution in [0.2, 0.25) is 0 Å². The van der Waals surface area contributed by atoms with Crippen molar-refractivity contribution in [2.75, 3.05) is 0 Å². The van der Waals surface area contributed by atoms with Crippen molar-refractivity contribution in [1.82, 2.24) is 23.2 Å². The highest BCUT2D eigenvalue weighted by Gasteiger charge is 2.25. The van der Waals surface area contributed by atoms with Gasteiger partial charge < -0.3 is 0 Å². The molecule has 0 radical (unpaired) electrons. The molecule has 0 unspecified atom stereocenters. The van der Waals surface area contributed by atoms with Crippen LogP contribution in [0.3, 0.4) is 0 Å². The number of hydrogen-bond donors (Lipinski definition) is 0. The van der Waals surface area contributed by atoms with Gasteiger partial charge in [-0.25, -0.2) is 14.4 Å². The fourth-order valence-electron chi connectivity index (χ4n) is 7.79. The van der Waals surface area contributed by atoms with Crippen LogP contribution in [0.25, 0.3) is 94.0 Å². The summed E-state index contributed by atoms with van der Waals surface area (Å²) in [4.78, 5) is 10.6. The maximum Gasteiger partial charge on any atom is 0.223 e. The third-order valence-corrected chi connectivity index (χ3v) is 9.83. The van der Waals surface area contributed by atoms with Crippen molar-refractivity contribution < 1.29 is 0 Å². The van der Waals surface area contributed by atoms with E-state index in [1.165, 1.54) is 49.4 Å². The summed E-state index contributed by atoms with van der Waals surface area (Å²) >= 11 is 0. The SMILES string of the molecule is Cc1cccc(-c2ccccc2)c1-c1cc2c3c(c1)n1c4cc5ccccc5cc4nc1n3c1nc3cc4ccccc4cc3n21. The van der Waals surface area contributed by atoms with Crippen LogP contribution in [-0.2, 0) is 0 Å². The molecule has 0 fully saturated rings. The molecule has 0 saturated heterocycles. The van der Waals surface area contributed by atoms with E-state index in [-0.39, 0.29) is 0 Å². The topological polar surface area (TPSA) is 39.0 Å². The van der Waals surface area contributed by atoms with Gasteiger partial charge in [0.25, 0.3) is 0 Å². The number of aromatic nitrogens is 5. The molecule has 4 aromatic heterocycles. The van der Waals surface area contributed by atoms with Gasteiger partial charge in [0.15, 0.2) is 0 Å². The van der Waals surface area contributed by atoms with Crippen molar-refractivity contribution in [2.45, 2.75) is 6.92 Å².